The van der Waals surface area contributed by atoms with Gasteiger partial charge in [0.1, 0.15) is 6.54 Å². The minimum atomic E-state index is -0.448. The van der Waals surface area contributed by atoms with E-state index in [1.165, 1.54) is 11.6 Å². The van der Waals surface area contributed by atoms with Crippen molar-refractivity contribution in [2.24, 2.45) is 11.7 Å². The highest BCUT2D eigenvalue weighted by atomic mass is 16.2. The van der Waals surface area contributed by atoms with E-state index in [-0.39, 0.29) is 11.8 Å². The number of aromatic nitrogens is 3. The summed E-state index contributed by atoms with van der Waals surface area (Å²) in [5, 5.41) is 8.43. The topological polar surface area (TPSA) is 94.9 Å². The average molecular weight is 365 g/mol. The summed E-state index contributed by atoms with van der Waals surface area (Å²) in [5.74, 6) is -0.180. The molecule has 0 fully saturated rings. The summed E-state index contributed by atoms with van der Waals surface area (Å²) in [6.45, 7) is 3.68. The molecule has 0 aliphatic carbocycles. The number of nitrogens with one attached hydrogen (secondary N) is 1. The summed E-state index contributed by atoms with van der Waals surface area (Å²) < 4.78 is 3.83. The quantitative estimate of drug-likeness (QED) is 0.719. The zero-order valence-electron chi connectivity index (χ0n) is 15.3. The molecule has 1 aromatic carbocycles. The number of carbonyl (C=O) groups excluding carboxylic acids is 2. The Morgan fingerprint density at radius 1 is 1.33 bits per heavy atom. The van der Waals surface area contributed by atoms with Gasteiger partial charge in [-0.25, -0.2) is 0 Å². The van der Waals surface area contributed by atoms with Crippen molar-refractivity contribution in [1.29, 1.82) is 0 Å². The van der Waals surface area contributed by atoms with E-state index < -0.39 is 5.91 Å². The van der Waals surface area contributed by atoms with Gasteiger partial charge in [-0.3, -0.25) is 14.3 Å². The van der Waals surface area contributed by atoms with E-state index in [1.807, 2.05) is 33.6 Å². The van der Waals surface area contributed by atoms with Crippen LogP contribution in [0.25, 0.3) is 10.9 Å². The van der Waals surface area contributed by atoms with Crippen molar-refractivity contribution >= 4 is 22.7 Å². The molecule has 0 saturated heterocycles. The second-order valence-corrected chi connectivity index (χ2v) is 7.21. The van der Waals surface area contributed by atoms with Gasteiger partial charge in [0.05, 0.1) is 17.5 Å². The Labute approximate surface area is 157 Å². The molecule has 3 N–H and O–H groups in total. The van der Waals surface area contributed by atoms with E-state index in [4.69, 9.17) is 5.73 Å². The lowest BCUT2D eigenvalue weighted by Gasteiger charge is -2.24. The Morgan fingerprint density at radius 3 is 2.96 bits per heavy atom. The molecule has 3 heterocycles. The Morgan fingerprint density at radius 2 is 2.15 bits per heavy atom. The summed E-state index contributed by atoms with van der Waals surface area (Å²) in [6.07, 6.45) is 5.17. The third kappa shape index (κ3) is 3.32. The van der Waals surface area contributed by atoms with Crippen LogP contribution in [-0.2, 0) is 24.3 Å². The van der Waals surface area contributed by atoms with Crippen LogP contribution in [0.3, 0.4) is 0 Å². The van der Waals surface area contributed by atoms with Gasteiger partial charge in [0.15, 0.2) is 0 Å². The van der Waals surface area contributed by atoms with Crippen LogP contribution in [0.4, 0.5) is 0 Å². The van der Waals surface area contributed by atoms with Crippen molar-refractivity contribution in [3.8, 4) is 0 Å². The van der Waals surface area contributed by atoms with Gasteiger partial charge in [0.25, 0.3) is 5.91 Å². The Hall–Kier alpha value is -3.09. The van der Waals surface area contributed by atoms with Gasteiger partial charge in [-0.05, 0) is 37.3 Å². The third-order valence-corrected chi connectivity index (χ3v) is 5.33. The van der Waals surface area contributed by atoms with Gasteiger partial charge in [-0.2, -0.15) is 5.10 Å². The first kappa shape index (κ1) is 17.3. The van der Waals surface area contributed by atoms with Crippen LogP contribution in [0.15, 0.2) is 36.7 Å². The van der Waals surface area contributed by atoms with Crippen LogP contribution >= 0.6 is 0 Å². The Bertz CT molecular complexity index is 1020. The first-order valence-electron chi connectivity index (χ1n) is 9.18. The first-order valence-corrected chi connectivity index (χ1v) is 9.18. The predicted octanol–water partition coefficient (Wildman–Crippen LogP) is 1.62. The number of rotatable bonds is 5. The van der Waals surface area contributed by atoms with Crippen LogP contribution in [0, 0.1) is 12.8 Å². The molecule has 7 nitrogen and oxygen atoms in total. The second-order valence-electron chi connectivity index (χ2n) is 7.21. The largest absolute Gasteiger partial charge is 0.365 e. The molecule has 0 bridgehead atoms. The molecule has 1 aliphatic heterocycles. The van der Waals surface area contributed by atoms with E-state index in [0.29, 0.717) is 25.1 Å². The fourth-order valence-electron chi connectivity index (χ4n) is 3.91. The fraction of sp³-hybridized carbons (Fsp3) is 0.350. The molecule has 1 atom stereocenters. The molecule has 0 saturated carbocycles. The summed E-state index contributed by atoms with van der Waals surface area (Å²) in [6, 6.07) is 8.09. The number of hydrogen-bond donors (Lipinski definition) is 2. The molecule has 7 heteroatoms. The maximum atomic E-state index is 12.5. The number of hydrogen-bond acceptors (Lipinski definition) is 3. The highest BCUT2D eigenvalue weighted by molar-refractivity contribution is 5.93. The van der Waals surface area contributed by atoms with Gasteiger partial charge in [0.2, 0.25) is 5.91 Å². The Balaban J connectivity index is 1.38. The molecule has 27 heavy (non-hydrogen) atoms. The first-order chi connectivity index (χ1) is 13.0. The summed E-state index contributed by atoms with van der Waals surface area (Å²) in [7, 11) is 0. The molecule has 0 radical (unpaired) electrons. The van der Waals surface area contributed by atoms with Gasteiger partial charge >= 0.3 is 0 Å². The normalized spacial score (nSPS) is 16.3. The average Bonchev–Trinajstić information content (AvgIpc) is 3.22. The lowest BCUT2D eigenvalue weighted by molar-refractivity contribution is -0.121. The van der Waals surface area contributed by atoms with E-state index >= 15 is 0 Å². The number of nitrogens with zero attached hydrogens (tertiary/aromatic N) is 3. The van der Waals surface area contributed by atoms with Crippen LogP contribution in [0.1, 0.15) is 28.0 Å². The number of benzene rings is 1. The summed E-state index contributed by atoms with van der Waals surface area (Å²) in [5.41, 5.74) is 9.01. The molecule has 0 spiro atoms. The van der Waals surface area contributed by atoms with Crippen LogP contribution in [0.2, 0.25) is 0 Å². The fourth-order valence-corrected chi connectivity index (χ4v) is 3.91. The van der Waals surface area contributed by atoms with Crippen LogP contribution in [-0.4, -0.2) is 32.7 Å². The van der Waals surface area contributed by atoms with Crippen molar-refractivity contribution in [2.45, 2.75) is 32.9 Å². The highest BCUT2D eigenvalue weighted by Gasteiger charge is 2.24. The molecule has 3 aromatic rings. The molecule has 1 aliphatic rings. The van der Waals surface area contributed by atoms with E-state index in [0.717, 1.165) is 29.7 Å². The van der Waals surface area contributed by atoms with Gasteiger partial charge in [-0.15, -0.1) is 0 Å². The van der Waals surface area contributed by atoms with Crippen molar-refractivity contribution in [1.82, 2.24) is 19.7 Å². The number of fused-ring (bicyclic) bond motifs is 2. The maximum Gasteiger partial charge on any atom is 0.252 e. The number of carbonyl (C=O) groups is 2. The van der Waals surface area contributed by atoms with E-state index in [2.05, 4.69) is 23.4 Å². The van der Waals surface area contributed by atoms with Crippen molar-refractivity contribution < 1.29 is 9.59 Å². The molecule has 4 rings (SSSR count). The van der Waals surface area contributed by atoms with Gasteiger partial charge < -0.3 is 15.6 Å². The molecule has 2 aromatic heterocycles. The van der Waals surface area contributed by atoms with Crippen LogP contribution in [0.5, 0.6) is 0 Å². The SMILES string of the molecule is Cc1cn(CC(=O)NC[C@@H]2CCn3ncc(C(N)=O)c3C2)c2ccccc12. The van der Waals surface area contributed by atoms with Crippen molar-refractivity contribution in [2.75, 3.05) is 6.54 Å². The number of para-hydroxylation sites is 1. The van der Waals surface area contributed by atoms with Crippen LogP contribution < -0.4 is 11.1 Å². The highest BCUT2D eigenvalue weighted by Crippen LogP contribution is 2.23. The number of amides is 2. The Kier molecular flexibility index (Phi) is 4.43. The van der Waals surface area contributed by atoms with E-state index in [9.17, 15) is 9.59 Å². The maximum absolute atomic E-state index is 12.5. The lowest BCUT2D eigenvalue weighted by Crippen LogP contribution is -2.35. The second kappa shape index (κ2) is 6.90. The van der Waals surface area contributed by atoms with Gasteiger partial charge in [0, 0.05) is 30.2 Å². The number of nitrogens with two attached hydrogens (primary N) is 1. The predicted molar refractivity (Wildman–Crippen MR) is 102 cm³/mol. The third-order valence-electron chi connectivity index (χ3n) is 5.33. The lowest BCUT2D eigenvalue weighted by atomic mass is 9.94. The molecule has 2 amide bonds. The molecular weight excluding hydrogens is 342 g/mol. The van der Waals surface area contributed by atoms with Gasteiger partial charge in [-0.1, -0.05) is 18.2 Å². The smallest absolute Gasteiger partial charge is 0.252 e. The van der Waals surface area contributed by atoms with Crippen molar-refractivity contribution in [3.63, 3.8) is 0 Å². The summed E-state index contributed by atoms with van der Waals surface area (Å²) in [4.78, 5) is 24.0. The molecule has 140 valence electrons. The number of primary amides is 1. The zero-order valence-corrected chi connectivity index (χ0v) is 15.3. The standard InChI is InChI=1S/C20H23N5O2/c1-13-11-24(17-5-3-2-4-15(13)17)12-19(26)22-9-14-6-7-25-18(8-14)16(10-23-25)20(21)27/h2-5,10-11,14H,6-9,12H2,1H3,(H2,21,27)(H,22,26)/t14-/m1/s1. The minimum Gasteiger partial charge on any atom is -0.365 e. The van der Waals surface area contributed by atoms with Crippen molar-refractivity contribution in [3.05, 3.63) is 53.5 Å². The van der Waals surface area contributed by atoms with E-state index in [1.54, 1.807) is 0 Å². The monoisotopic (exact) mass is 365 g/mol. The molecular formula is C20H23N5O2. The summed E-state index contributed by atoms with van der Waals surface area (Å²) >= 11 is 0. The number of aryl methyl sites for hydroxylation is 2. The minimum absolute atomic E-state index is 0.00930. The molecule has 0 unspecified atom stereocenters. The zero-order chi connectivity index (χ0) is 19.0.